The van der Waals surface area contributed by atoms with Crippen LogP contribution in [0.2, 0.25) is 0 Å². The average molecular weight is 243 g/mol. The van der Waals surface area contributed by atoms with Gasteiger partial charge in [0.25, 0.3) is 0 Å². The van der Waals surface area contributed by atoms with E-state index in [-0.39, 0.29) is 5.92 Å². The first-order valence-corrected chi connectivity index (χ1v) is 6.63. The highest BCUT2D eigenvalue weighted by atomic mass is 16.5. The Morgan fingerprint density at radius 1 is 1.47 bits per heavy atom. The van der Waals surface area contributed by atoms with E-state index in [2.05, 4.69) is 12.2 Å². The topological polar surface area (TPSA) is 58.6 Å². The number of hydrogen-bond donors (Lipinski definition) is 2. The van der Waals surface area contributed by atoms with Gasteiger partial charge in [-0.15, -0.1) is 0 Å². The molecule has 4 nitrogen and oxygen atoms in total. The second kappa shape index (κ2) is 7.67. The molecule has 1 rings (SSSR count). The predicted molar refractivity (Wildman–Crippen MR) is 67.0 cm³/mol. The van der Waals surface area contributed by atoms with Crippen LogP contribution in [0.5, 0.6) is 0 Å². The van der Waals surface area contributed by atoms with Crippen molar-refractivity contribution in [3.8, 4) is 0 Å². The number of carbonyl (C=O) groups is 1. The van der Waals surface area contributed by atoms with Crippen molar-refractivity contribution in [1.82, 2.24) is 5.32 Å². The van der Waals surface area contributed by atoms with E-state index < -0.39 is 5.97 Å². The van der Waals surface area contributed by atoms with Crippen LogP contribution in [0.25, 0.3) is 0 Å². The molecule has 0 radical (unpaired) electrons. The van der Waals surface area contributed by atoms with Crippen molar-refractivity contribution in [1.29, 1.82) is 0 Å². The van der Waals surface area contributed by atoms with Crippen molar-refractivity contribution in [2.75, 3.05) is 19.8 Å². The molecule has 0 saturated carbocycles. The van der Waals surface area contributed by atoms with Crippen LogP contribution >= 0.6 is 0 Å². The lowest BCUT2D eigenvalue weighted by atomic mass is 10.0. The monoisotopic (exact) mass is 243 g/mol. The molecule has 3 atom stereocenters. The van der Waals surface area contributed by atoms with Crippen LogP contribution in [0.1, 0.15) is 39.5 Å². The van der Waals surface area contributed by atoms with Crippen molar-refractivity contribution in [3.63, 3.8) is 0 Å². The molecule has 17 heavy (non-hydrogen) atoms. The summed E-state index contributed by atoms with van der Waals surface area (Å²) in [5, 5.41) is 12.3. The molecule has 0 amide bonds. The predicted octanol–water partition coefficient (Wildman–Crippen LogP) is 1.89. The van der Waals surface area contributed by atoms with E-state index >= 15 is 0 Å². The van der Waals surface area contributed by atoms with Crippen molar-refractivity contribution in [2.24, 2.45) is 11.8 Å². The van der Waals surface area contributed by atoms with Gasteiger partial charge in [0.05, 0.1) is 12.5 Å². The fourth-order valence-corrected chi connectivity index (χ4v) is 2.07. The standard InChI is InChI=1S/C13H25NO3/c1-10(13(15)16)4-3-5-11(2)14-8-12-6-7-17-9-12/h10-12,14H,3-9H2,1-2H3,(H,15,16). The third kappa shape index (κ3) is 6.03. The number of aliphatic carboxylic acids is 1. The molecular formula is C13H25NO3. The average Bonchev–Trinajstić information content (AvgIpc) is 2.78. The summed E-state index contributed by atoms with van der Waals surface area (Å²) in [4.78, 5) is 10.6. The van der Waals surface area contributed by atoms with Gasteiger partial charge in [-0.2, -0.15) is 0 Å². The van der Waals surface area contributed by atoms with Crippen LogP contribution in [0.15, 0.2) is 0 Å². The maximum absolute atomic E-state index is 10.6. The number of carboxylic acids is 1. The fourth-order valence-electron chi connectivity index (χ4n) is 2.07. The van der Waals surface area contributed by atoms with Crippen molar-refractivity contribution >= 4 is 5.97 Å². The van der Waals surface area contributed by atoms with E-state index in [0.29, 0.717) is 12.0 Å². The van der Waals surface area contributed by atoms with Crippen LogP contribution in [-0.2, 0) is 9.53 Å². The zero-order valence-corrected chi connectivity index (χ0v) is 10.9. The lowest BCUT2D eigenvalue weighted by Gasteiger charge is -2.16. The third-order valence-corrected chi connectivity index (χ3v) is 3.47. The molecule has 100 valence electrons. The minimum atomic E-state index is -0.686. The smallest absolute Gasteiger partial charge is 0.306 e. The number of rotatable bonds is 8. The van der Waals surface area contributed by atoms with Gasteiger partial charge >= 0.3 is 5.97 Å². The highest BCUT2D eigenvalue weighted by molar-refractivity contribution is 5.69. The van der Waals surface area contributed by atoms with E-state index in [9.17, 15) is 4.79 Å². The molecule has 0 aromatic heterocycles. The summed E-state index contributed by atoms with van der Waals surface area (Å²) in [5.74, 6) is -0.241. The van der Waals surface area contributed by atoms with Crippen molar-refractivity contribution in [2.45, 2.75) is 45.6 Å². The summed E-state index contributed by atoms with van der Waals surface area (Å²) in [6, 6.07) is 0.469. The number of ether oxygens (including phenoxy) is 1. The first kappa shape index (κ1) is 14.5. The molecule has 2 N–H and O–H groups in total. The SMILES string of the molecule is CC(CCCC(C)C(=O)O)NCC1CCOC1. The lowest BCUT2D eigenvalue weighted by molar-refractivity contribution is -0.141. The molecule has 0 aromatic rings. The molecule has 0 bridgehead atoms. The molecule has 0 aromatic carbocycles. The highest BCUT2D eigenvalue weighted by Gasteiger charge is 2.16. The van der Waals surface area contributed by atoms with Crippen molar-refractivity contribution < 1.29 is 14.6 Å². The number of carboxylic acid groups (broad SMARTS) is 1. The van der Waals surface area contributed by atoms with E-state index in [1.54, 1.807) is 6.92 Å². The van der Waals surface area contributed by atoms with Crippen LogP contribution < -0.4 is 5.32 Å². The largest absolute Gasteiger partial charge is 0.481 e. The number of nitrogens with one attached hydrogen (secondary N) is 1. The zero-order valence-electron chi connectivity index (χ0n) is 10.9. The molecule has 1 heterocycles. The summed E-state index contributed by atoms with van der Waals surface area (Å²) < 4.78 is 5.32. The summed E-state index contributed by atoms with van der Waals surface area (Å²) in [7, 11) is 0. The van der Waals surface area contributed by atoms with Gasteiger partial charge in [-0.1, -0.05) is 13.3 Å². The highest BCUT2D eigenvalue weighted by Crippen LogP contribution is 2.12. The molecule has 3 unspecified atom stereocenters. The van der Waals surface area contributed by atoms with Crippen LogP contribution in [0.4, 0.5) is 0 Å². The molecule has 1 aliphatic rings. The fraction of sp³-hybridized carbons (Fsp3) is 0.923. The molecular weight excluding hydrogens is 218 g/mol. The molecule has 1 saturated heterocycles. The summed E-state index contributed by atoms with van der Waals surface area (Å²) in [5.41, 5.74) is 0. The Kier molecular flexibility index (Phi) is 6.52. The van der Waals surface area contributed by atoms with E-state index in [4.69, 9.17) is 9.84 Å². The zero-order chi connectivity index (χ0) is 12.7. The second-order valence-electron chi connectivity index (χ2n) is 5.21. The molecule has 0 spiro atoms. The molecule has 1 aliphatic heterocycles. The van der Waals surface area contributed by atoms with Gasteiger partial charge in [-0.3, -0.25) is 4.79 Å². The lowest BCUT2D eigenvalue weighted by Crippen LogP contribution is -2.31. The van der Waals surface area contributed by atoms with Gasteiger partial charge in [-0.05, 0) is 32.1 Å². The minimum absolute atomic E-state index is 0.217. The minimum Gasteiger partial charge on any atom is -0.481 e. The van der Waals surface area contributed by atoms with Gasteiger partial charge in [0.2, 0.25) is 0 Å². The Balaban J connectivity index is 2.00. The van der Waals surface area contributed by atoms with Crippen LogP contribution in [0.3, 0.4) is 0 Å². The van der Waals surface area contributed by atoms with Gasteiger partial charge in [0.1, 0.15) is 0 Å². The van der Waals surface area contributed by atoms with Crippen LogP contribution in [0, 0.1) is 11.8 Å². The molecule has 4 heteroatoms. The van der Waals surface area contributed by atoms with Gasteiger partial charge in [0, 0.05) is 19.2 Å². The maximum atomic E-state index is 10.6. The number of hydrogen-bond acceptors (Lipinski definition) is 3. The van der Waals surface area contributed by atoms with Gasteiger partial charge in [0.15, 0.2) is 0 Å². The quantitative estimate of drug-likeness (QED) is 0.683. The van der Waals surface area contributed by atoms with Gasteiger partial charge in [-0.25, -0.2) is 0 Å². The van der Waals surface area contributed by atoms with Gasteiger partial charge < -0.3 is 15.2 Å². The Labute approximate surface area is 104 Å². The van der Waals surface area contributed by atoms with E-state index in [1.165, 1.54) is 0 Å². The first-order valence-electron chi connectivity index (χ1n) is 6.63. The second-order valence-corrected chi connectivity index (χ2v) is 5.21. The summed E-state index contributed by atoms with van der Waals surface area (Å²) in [6.07, 6.45) is 3.96. The Hall–Kier alpha value is -0.610. The normalized spacial score (nSPS) is 23.5. The van der Waals surface area contributed by atoms with E-state index in [0.717, 1.165) is 45.4 Å². The Morgan fingerprint density at radius 2 is 2.24 bits per heavy atom. The molecule has 0 aliphatic carbocycles. The maximum Gasteiger partial charge on any atom is 0.306 e. The van der Waals surface area contributed by atoms with Crippen LogP contribution in [-0.4, -0.2) is 36.9 Å². The van der Waals surface area contributed by atoms with Crippen molar-refractivity contribution in [3.05, 3.63) is 0 Å². The van der Waals surface area contributed by atoms with E-state index in [1.807, 2.05) is 0 Å². The molecule has 1 fully saturated rings. The summed E-state index contributed by atoms with van der Waals surface area (Å²) in [6.45, 7) is 6.75. The first-order chi connectivity index (χ1) is 8.09. The third-order valence-electron chi connectivity index (χ3n) is 3.47. The Morgan fingerprint density at radius 3 is 2.82 bits per heavy atom. The summed E-state index contributed by atoms with van der Waals surface area (Å²) >= 11 is 0. The Bertz CT molecular complexity index is 227.